The molecule has 0 radical (unpaired) electrons. The first kappa shape index (κ1) is 11.1. The zero-order valence-electron chi connectivity index (χ0n) is 10.8. The van der Waals surface area contributed by atoms with E-state index in [2.05, 4.69) is 4.98 Å². The van der Waals surface area contributed by atoms with Crippen LogP contribution in [0.1, 0.15) is 37.7 Å². The zero-order chi connectivity index (χ0) is 13.9. The van der Waals surface area contributed by atoms with Gasteiger partial charge in [-0.25, -0.2) is 4.98 Å². The molecule has 0 aliphatic heterocycles. The van der Waals surface area contributed by atoms with Crippen LogP contribution in [-0.2, 0) is 0 Å². The summed E-state index contributed by atoms with van der Waals surface area (Å²) in [5.41, 5.74) is 3.09. The zero-order valence-corrected chi connectivity index (χ0v) is 10.8. The number of benzene rings is 1. The number of carbonyl (C=O) groups is 2. The van der Waals surface area contributed by atoms with E-state index >= 15 is 0 Å². The molecule has 4 rings (SSSR count). The predicted octanol–water partition coefficient (Wildman–Crippen LogP) is 2.42. The number of hydrogen-bond donors (Lipinski definition) is 0. The molecule has 20 heavy (non-hydrogen) atoms. The summed E-state index contributed by atoms with van der Waals surface area (Å²) in [7, 11) is 0. The summed E-state index contributed by atoms with van der Waals surface area (Å²) in [6.45, 7) is 1.90. The lowest BCUT2D eigenvalue weighted by Gasteiger charge is -2.14. The molecule has 2 heterocycles. The number of imidazole rings is 1. The number of nitrogens with zero attached hydrogens (tertiary/aromatic N) is 2. The lowest BCUT2D eigenvalue weighted by atomic mass is 9.89. The van der Waals surface area contributed by atoms with Crippen LogP contribution < -0.4 is 0 Å². The van der Waals surface area contributed by atoms with Crippen molar-refractivity contribution in [2.45, 2.75) is 6.92 Å². The van der Waals surface area contributed by atoms with Crippen molar-refractivity contribution in [3.63, 3.8) is 0 Å². The molecule has 0 atom stereocenters. The molecule has 2 aromatic heterocycles. The monoisotopic (exact) mass is 262 g/mol. The van der Waals surface area contributed by atoms with Crippen LogP contribution in [0.25, 0.3) is 5.65 Å². The fraction of sp³-hybridized carbons (Fsp3) is 0.0625. The molecule has 4 heteroatoms. The van der Waals surface area contributed by atoms with Gasteiger partial charge in [0.05, 0.1) is 0 Å². The lowest BCUT2D eigenvalue weighted by Crippen LogP contribution is -2.22. The van der Waals surface area contributed by atoms with Crippen molar-refractivity contribution in [1.82, 2.24) is 9.38 Å². The number of carbonyl (C=O) groups excluding carboxylic acids is 2. The van der Waals surface area contributed by atoms with Gasteiger partial charge in [-0.05, 0) is 31.2 Å². The molecule has 0 spiro atoms. The number of rotatable bonds is 0. The van der Waals surface area contributed by atoms with Crippen LogP contribution in [-0.4, -0.2) is 21.0 Å². The smallest absolute Gasteiger partial charge is 0.214 e. The van der Waals surface area contributed by atoms with E-state index < -0.39 is 0 Å². The first-order chi connectivity index (χ1) is 9.66. The number of fused-ring (bicyclic) bond motifs is 4. The van der Waals surface area contributed by atoms with Gasteiger partial charge < -0.3 is 0 Å². The van der Waals surface area contributed by atoms with Gasteiger partial charge in [-0.1, -0.05) is 17.7 Å². The highest BCUT2D eigenvalue weighted by atomic mass is 16.1. The summed E-state index contributed by atoms with van der Waals surface area (Å²) >= 11 is 0. The fourth-order valence-corrected chi connectivity index (χ4v) is 2.67. The Balaban J connectivity index is 2.11. The molecule has 0 amide bonds. The van der Waals surface area contributed by atoms with Gasteiger partial charge in [-0.15, -0.1) is 0 Å². The van der Waals surface area contributed by atoms with E-state index in [0.29, 0.717) is 22.5 Å². The highest BCUT2D eigenvalue weighted by molar-refractivity contribution is 6.27. The second kappa shape index (κ2) is 3.63. The molecule has 0 saturated carbocycles. The van der Waals surface area contributed by atoms with Gasteiger partial charge in [0.15, 0.2) is 0 Å². The highest BCUT2D eigenvalue weighted by Gasteiger charge is 2.33. The Hall–Kier alpha value is -2.75. The number of pyridine rings is 1. The third-order valence-corrected chi connectivity index (χ3v) is 3.62. The molecule has 1 aromatic carbocycles. The van der Waals surface area contributed by atoms with Crippen LogP contribution in [0.15, 0.2) is 42.6 Å². The van der Waals surface area contributed by atoms with E-state index in [1.807, 2.05) is 25.1 Å². The van der Waals surface area contributed by atoms with Crippen molar-refractivity contribution in [1.29, 1.82) is 0 Å². The minimum Gasteiger partial charge on any atom is -0.296 e. The van der Waals surface area contributed by atoms with E-state index in [-0.39, 0.29) is 17.3 Å². The fourth-order valence-electron chi connectivity index (χ4n) is 2.67. The summed E-state index contributed by atoms with van der Waals surface area (Å²) in [5.74, 6) is -0.324. The molecular weight excluding hydrogens is 252 g/mol. The maximum atomic E-state index is 12.7. The minimum absolute atomic E-state index is 0.142. The Morgan fingerprint density at radius 2 is 1.85 bits per heavy atom. The largest absolute Gasteiger partial charge is 0.296 e. The molecule has 0 fully saturated rings. The third-order valence-electron chi connectivity index (χ3n) is 3.62. The first-order valence-corrected chi connectivity index (χ1v) is 6.34. The molecule has 3 aromatic rings. The van der Waals surface area contributed by atoms with Gasteiger partial charge in [-0.3, -0.25) is 14.0 Å². The van der Waals surface area contributed by atoms with Crippen LogP contribution >= 0.6 is 0 Å². The number of aromatic nitrogens is 2. The molecule has 0 N–H and O–H groups in total. The van der Waals surface area contributed by atoms with Crippen LogP contribution in [0.4, 0.5) is 0 Å². The van der Waals surface area contributed by atoms with E-state index in [9.17, 15) is 9.59 Å². The maximum Gasteiger partial charge on any atom is 0.214 e. The second-order valence-corrected chi connectivity index (χ2v) is 4.95. The van der Waals surface area contributed by atoms with Crippen molar-refractivity contribution < 1.29 is 9.59 Å². The SMILES string of the molecule is Cc1ccc2c(c1)C(=O)c1c(nc3ccccn13)C2=O. The summed E-state index contributed by atoms with van der Waals surface area (Å²) in [5, 5.41) is 0. The molecule has 4 nitrogen and oxygen atoms in total. The van der Waals surface area contributed by atoms with Gasteiger partial charge >= 0.3 is 0 Å². The van der Waals surface area contributed by atoms with Crippen molar-refractivity contribution >= 4 is 17.2 Å². The molecule has 0 unspecified atom stereocenters. The van der Waals surface area contributed by atoms with Gasteiger partial charge in [0, 0.05) is 17.3 Å². The Bertz CT molecular complexity index is 906. The van der Waals surface area contributed by atoms with Crippen molar-refractivity contribution in [2.24, 2.45) is 0 Å². The van der Waals surface area contributed by atoms with Gasteiger partial charge in [-0.2, -0.15) is 0 Å². The molecular formula is C16H10N2O2. The molecule has 1 aliphatic carbocycles. The van der Waals surface area contributed by atoms with Crippen molar-refractivity contribution in [2.75, 3.05) is 0 Å². The Labute approximate surface area is 114 Å². The summed E-state index contributed by atoms with van der Waals surface area (Å²) in [4.78, 5) is 29.5. The van der Waals surface area contributed by atoms with Crippen LogP contribution in [0.5, 0.6) is 0 Å². The van der Waals surface area contributed by atoms with Crippen molar-refractivity contribution in [3.05, 3.63) is 70.7 Å². The van der Waals surface area contributed by atoms with Crippen LogP contribution in [0.3, 0.4) is 0 Å². The van der Waals surface area contributed by atoms with Gasteiger partial charge in [0.25, 0.3) is 0 Å². The number of ketones is 2. The standard InChI is InChI=1S/C16H10N2O2/c1-9-5-6-10-11(8-9)16(20)14-13(15(10)19)17-12-4-2-3-7-18(12)14/h2-8H,1H3. The number of hydrogen-bond acceptors (Lipinski definition) is 3. The van der Waals surface area contributed by atoms with Gasteiger partial charge in [0.2, 0.25) is 11.6 Å². The normalized spacial score (nSPS) is 13.4. The Morgan fingerprint density at radius 1 is 1.00 bits per heavy atom. The van der Waals surface area contributed by atoms with E-state index in [4.69, 9.17) is 0 Å². The Morgan fingerprint density at radius 3 is 2.70 bits per heavy atom. The quantitative estimate of drug-likeness (QED) is 0.489. The molecule has 0 bridgehead atoms. The molecule has 96 valence electrons. The topological polar surface area (TPSA) is 51.4 Å². The van der Waals surface area contributed by atoms with E-state index in [1.165, 1.54) is 0 Å². The van der Waals surface area contributed by atoms with Crippen LogP contribution in [0, 0.1) is 6.92 Å². The molecule has 1 aliphatic rings. The van der Waals surface area contributed by atoms with E-state index in [0.717, 1.165) is 5.56 Å². The average molecular weight is 262 g/mol. The first-order valence-electron chi connectivity index (χ1n) is 6.34. The Kier molecular flexibility index (Phi) is 2.02. The average Bonchev–Trinajstić information content (AvgIpc) is 2.84. The lowest BCUT2D eigenvalue weighted by molar-refractivity contribution is 0.0973. The van der Waals surface area contributed by atoms with Crippen LogP contribution in [0.2, 0.25) is 0 Å². The van der Waals surface area contributed by atoms with E-state index in [1.54, 1.807) is 28.8 Å². The summed E-state index contributed by atoms with van der Waals surface area (Å²) < 4.78 is 1.68. The third kappa shape index (κ3) is 1.28. The summed E-state index contributed by atoms with van der Waals surface area (Å²) in [6, 6.07) is 10.7. The predicted molar refractivity (Wildman–Crippen MR) is 73.2 cm³/mol. The number of aryl methyl sites for hydroxylation is 1. The minimum atomic E-state index is -0.182. The van der Waals surface area contributed by atoms with Crippen molar-refractivity contribution in [3.8, 4) is 0 Å². The molecule has 0 saturated heterocycles. The van der Waals surface area contributed by atoms with Gasteiger partial charge in [0.1, 0.15) is 17.0 Å². The maximum absolute atomic E-state index is 12.7. The highest BCUT2D eigenvalue weighted by Crippen LogP contribution is 2.28. The second-order valence-electron chi connectivity index (χ2n) is 4.95. The summed E-state index contributed by atoms with van der Waals surface area (Å²) in [6.07, 6.45) is 1.76.